The van der Waals surface area contributed by atoms with Crippen LogP contribution in [0.3, 0.4) is 0 Å². The lowest BCUT2D eigenvalue weighted by molar-refractivity contribution is 0.408. The quantitative estimate of drug-likeness (QED) is 0.828. The van der Waals surface area contributed by atoms with Crippen LogP contribution in [0.1, 0.15) is 5.56 Å². The highest BCUT2D eigenvalue weighted by Crippen LogP contribution is 2.23. The summed E-state index contributed by atoms with van der Waals surface area (Å²) in [6.45, 7) is 0.416. The third-order valence-corrected chi connectivity index (χ3v) is 2.16. The van der Waals surface area contributed by atoms with Crippen molar-refractivity contribution in [2.45, 2.75) is 6.54 Å². The Labute approximate surface area is 87.7 Å². The van der Waals surface area contributed by atoms with Crippen molar-refractivity contribution in [3.8, 4) is 17.2 Å². The van der Waals surface area contributed by atoms with E-state index in [0.717, 1.165) is 17.0 Å². The lowest BCUT2D eigenvalue weighted by atomic mass is 10.2. The molecule has 0 aliphatic heterocycles. The lowest BCUT2D eigenvalue weighted by Gasteiger charge is -2.06. The first-order valence-corrected chi connectivity index (χ1v) is 4.62. The number of aromatic nitrogens is 1. The molecule has 0 saturated carbocycles. The van der Waals surface area contributed by atoms with Crippen LogP contribution in [0.15, 0.2) is 35.1 Å². The van der Waals surface area contributed by atoms with Crippen LogP contribution in [0.25, 0.3) is 11.5 Å². The number of hydrogen-bond donors (Lipinski definition) is 1. The summed E-state index contributed by atoms with van der Waals surface area (Å²) >= 11 is 0. The van der Waals surface area contributed by atoms with Crippen LogP contribution in [0.5, 0.6) is 5.75 Å². The fourth-order valence-corrected chi connectivity index (χ4v) is 1.39. The molecule has 2 aromatic rings. The topological polar surface area (TPSA) is 61.3 Å². The summed E-state index contributed by atoms with van der Waals surface area (Å²) in [4.78, 5) is 4.23. The van der Waals surface area contributed by atoms with E-state index in [1.54, 1.807) is 19.6 Å². The van der Waals surface area contributed by atoms with E-state index in [-0.39, 0.29) is 0 Å². The van der Waals surface area contributed by atoms with Crippen molar-refractivity contribution in [2.75, 3.05) is 7.11 Å². The normalized spacial score (nSPS) is 10.3. The lowest BCUT2D eigenvalue weighted by Crippen LogP contribution is -2.01. The van der Waals surface area contributed by atoms with Crippen molar-refractivity contribution < 1.29 is 9.15 Å². The molecule has 0 amide bonds. The highest BCUT2D eigenvalue weighted by molar-refractivity contribution is 5.54. The number of pyridine rings is 1. The van der Waals surface area contributed by atoms with E-state index in [4.69, 9.17) is 14.9 Å². The molecule has 0 unspecified atom stereocenters. The van der Waals surface area contributed by atoms with E-state index in [0.29, 0.717) is 12.3 Å². The van der Waals surface area contributed by atoms with Gasteiger partial charge in [0.2, 0.25) is 0 Å². The zero-order valence-electron chi connectivity index (χ0n) is 8.43. The average molecular weight is 204 g/mol. The van der Waals surface area contributed by atoms with Gasteiger partial charge in [0, 0.05) is 12.1 Å². The molecule has 2 N–H and O–H groups in total. The molecule has 0 saturated heterocycles. The fourth-order valence-electron chi connectivity index (χ4n) is 1.39. The number of rotatable bonds is 3. The second kappa shape index (κ2) is 4.14. The summed E-state index contributed by atoms with van der Waals surface area (Å²) in [5, 5.41) is 0. The zero-order chi connectivity index (χ0) is 10.7. The SMILES string of the molecule is COc1cnc(-c2ccco2)cc1CN. The number of furan rings is 1. The molecule has 4 nitrogen and oxygen atoms in total. The second-order valence-corrected chi connectivity index (χ2v) is 3.06. The molecule has 0 radical (unpaired) electrons. The van der Waals surface area contributed by atoms with E-state index in [9.17, 15) is 0 Å². The molecule has 0 aliphatic carbocycles. The molecule has 0 atom stereocenters. The molecule has 0 spiro atoms. The molecule has 0 bridgehead atoms. The van der Waals surface area contributed by atoms with Crippen molar-refractivity contribution in [3.63, 3.8) is 0 Å². The Hall–Kier alpha value is -1.81. The van der Waals surface area contributed by atoms with Crippen molar-refractivity contribution in [2.24, 2.45) is 5.73 Å². The first-order chi connectivity index (χ1) is 7.35. The van der Waals surface area contributed by atoms with E-state index < -0.39 is 0 Å². The van der Waals surface area contributed by atoms with Crippen molar-refractivity contribution in [3.05, 3.63) is 36.2 Å². The molecular formula is C11H12N2O2. The first-order valence-electron chi connectivity index (χ1n) is 4.62. The Bertz CT molecular complexity index is 438. The largest absolute Gasteiger partial charge is 0.495 e. The summed E-state index contributed by atoms with van der Waals surface area (Å²) in [5.74, 6) is 1.43. The van der Waals surface area contributed by atoms with Crippen molar-refractivity contribution in [1.29, 1.82) is 0 Å². The Morgan fingerprint density at radius 2 is 2.40 bits per heavy atom. The number of ether oxygens (including phenoxy) is 1. The summed E-state index contributed by atoms with van der Waals surface area (Å²) in [5.41, 5.74) is 7.29. The Morgan fingerprint density at radius 3 is 3.00 bits per heavy atom. The van der Waals surface area contributed by atoms with Gasteiger partial charge in [0.05, 0.1) is 19.6 Å². The maximum atomic E-state index is 5.61. The molecule has 15 heavy (non-hydrogen) atoms. The minimum absolute atomic E-state index is 0.416. The van der Waals surface area contributed by atoms with Gasteiger partial charge in [-0.05, 0) is 18.2 Å². The highest BCUT2D eigenvalue weighted by Gasteiger charge is 2.07. The van der Waals surface area contributed by atoms with Crippen LogP contribution >= 0.6 is 0 Å². The van der Waals surface area contributed by atoms with Gasteiger partial charge in [-0.1, -0.05) is 0 Å². The zero-order valence-corrected chi connectivity index (χ0v) is 8.43. The Balaban J connectivity index is 2.43. The molecule has 2 aromatic heterocycles. The third kappa shape index (κ3) is 1.85. The predicted molar refractivity (Wildman–Crippen MR) is 56.4 cm³/mol. The summed E-state index contributed by atoms with van der Waals surface area (Å²) in [7, 11) is 1.60. The molecule has 2 rings (SSSR count). The standard InChI is InChI=1S/C11H12N2O2/c1-14-11-7-13-9(5-8(11)6-12)10-3-2-4-15-10/h2-5,7H,6,12H2,1H3. The molecular weight excluding hydrogens is 192 g/mol. The number of nitrogens with two attached hydrogens (primary N) is 1. The van der Waals surface area contributed by atoms with Crippen molar-refractivity contribution in [1.82, 2.24) is 4.98 Å². The molecule has 78 valence electrons. The number of hydrogen-bond acceptors (Lipinski definition) is 4. The summed E-state index contributed by atoms with van der Waals surface area (Å²) < 4.78 is 10.4. The fraction of sp³-hybridized carbons (Fsp3) is 0.182. The third-order valence-electron chi connectivity index (χ3n) is 2.16. The van der Waals surface area contributed by atoms with Crippen LogP contribution in [0, 0.1) is 0 Å². The maximum absolute atomic E-state index is 5.61. The van der Waals surface area contributed by atoms with E-state index >= 15 is 0 Å². The maximum Gasteiger partial charge on any atom is 0.152 e. The smallest absolute Gasteiger partial charge is 0.152 e. The van der Waals surface area contributed by atoms with Crippen LogP contribution in [0.2, 0.25) is 0 Å². The monoisotopic (exact) mass is 204 g/mol. The number of nitrogens with zero attached hydrogens (tertiary/aromatic N) is 1. The van der Waals surface area contributed by atoms with E-state index in [2.05, 4.69) is 4.98 Å². The van der Waals surface area contributed by atoms with Crippen LogP contribution in [-0.2, 0) is 6.54 Å². The predicted octanol–water partition coefficient (Wildman–Crippen LogP) is 1.81. The minimum atomic E-state index is 0.416. The van der Waals surface area contributed by atoms with Gasteiger partial charge in [0.25, 0.3) is 0 Å². The molecule has 0 fully saturated rings. The van der Waals surface area contributed by atoms with E-state index in [1.807, 2.05) is 18.2 Å². The molecule has 2 heterocycles. The molecule has 0 aliphatic rings. The molecule has 0 aromatic carbocycles. The van der Waals surface area contributed by atoms with Gasteiger partial charge in [0.1, 0.15) is 11.4 Å². The van der Waals surface area contributed by atoms with Crippen LogP contribution < -0.4 is 10.5 Å². The minimum Gasteiger partial charge on any atom is -0.495 e. The second-order valence-electron chi connectivity index (χ2n) is 3.06. The van der Waals surface area contributed by atoms with Gasteiger partial charge in [-0.25, -0.2) is 4.98 Å². The Kier molecular flexibility index (Phi) is 2.69. The van der Waals surface area contributed by atoms with Gasteiger partial charge in [-0.15, -0.1) is 0 Å². The van der Waals surface area contributed by atoms with Gasteiger partial charge in [-0.2, -0.15) is 0 Å². The molecule has 4 heteroatoms. The summed E-state index contributed by atoms with van der Waals surface area (Å²) in [6.07, 6.45) is 3.27. The average Bonchev–Trinajstić information content (AvgIpc) is 2.81. The van der Waals surface area contributed by atoms with Gasteiger partial charge in [-0.3, -0.25) is 0 Å². The van der Waals surface area contributed by atoms with Crippen molar-refractivity contribution >= 4 is 0 Å². The van der Waals surface area contributed by atoms with Crippen LogP contribution in [-0.4, -0.2) is 12.1 Å². The van der Waals surface area contributed by atoms with Gasteiger partial charge in [0.15, 0.2) is 5.76 Å². The van der Waals surface area contributed by atoms with E-state index in [1.165, 1.54) is 0 Å². The first kappa shape index (κ1) is 9.73. The van der Waals surface area contributed by atoms with Crippen LogP contribution in [0.4, 0.5) is 0 Å². The van der Waals surface area contributed by atoms with Gasteiger partial charge < -0.3 is 14.9 Å². The van der Waals surface area contributed by atoms with Gasteiger partial charge >= 0.3 is 0 Å². The highest BCUT2D eigenvalue weighted by atomic mass is 16.5. The number of methoxy groups -OCH3 is 1. The Morgan fingerprint density at radius 1 is 1.53 bits per heavy atom. The summed E-state index contributed by atoms with van der Waals surface area (Å²) in [6, 6.07) is 5.55.